The Kier molecular flexibility index (Phi) is 6.51. The van der Waals surface area contributed by atoms with E-state index in [4.69, 9.17) is 17.0 Å². The molecule has 0 aliphatic carbocycles. The van der Waals surface area contributed by atoms with Gasteiger partial charge in [0.25, 0.3) is 0 Å². The van der Waals surface area contributed by atoms with Crippen LogP contribution in [0, 0.1) is 27.7 Å². The van der Waals surface area contributed by atoms with Gasteiger partial charge in [0.2, 0.25) is 0 Å². The highest BCUT2D eigenvalue weighted by molar-refractivity contribution is 7.80. The van der Waals surface area contributed by atoms with Gasteiger partial charge in [-0.25, -0.2) is 0 Å². The number of carbonyl (C=O) groups is 1. The number of methoxy groups -OCH3 is 1. The molecule has 1 N–H and O–H groups in total. The third kappa shape index (κ3) is 4.37. The summed E-state index contributed by atoms with van der Waals surface area (Å²) < 4.78 is 7.19. The molecule has 0 bridgehead atoms. The molecule has 0 spiro atoms. The number of hydrogen-bond acceptors (Lipinski definition) is 4. The summed E-state index contributed by atoms with van der Waals surface area (Å²) in [6.45, 7) is 9.01. The van der Waals surface area contributed by atoms with Gasteiger partial charge < -0.3 is 19.5 Å². The normalized spacial score (nSPS) is 17.8. The van der Waals surface area contributed by atoms with E-state index in [2.05, 4.69) is 71.7 Å². The number of ether oxygens (including phenoxy) is 1. The summed E-state index contributed by atoms with van der Waals surface area (Å²) in [5.74, 6) is -0.251. The molecule has 0 amide bonds. The van der Waals surface area contributed by atoms with Crippen LogP contribution in [0.4, 0.5) is 0 Å². The predicted octanol–water partition coefficient (Wildman–Crippen LogP) is 4.64. The van der Waals surface area contributed by atoms with Crippen LogP contribution in [0.3, 0.4) is 0 Å². The Labute approximate surface area is 200 Å². The number of thiocarbonyl (C=S) groups is 1. The smallest absolute Gasteiger partial charge is 0.307 e. The molecule has 3 aromatic rings. The van der Waals surface area contributed by atoms with E-state index in [0.717, 1.165) is 17.1 Å². The summed E-state index contributed by atoms with van der Waals surface area (Å²) in [5.41, 5.74) is 8.02. The van der Waals surface area contributed by atoms with Crippen molar-refractivity contribution in [3.05, 3.63) is 82.4 Å². The van der Waals surface area contributed by atoms with Crippen LogP contribution in [0.5, 0.6) is 0 Å². The quantitative estimate of drug-likeness (QED) is 0.425. The maximum Gasteiger partial charge on any atom is 0.307 e. The predicted molar refractivity (Wildman–Crippen MR) is 134 cm³/mol. The van der Waals surface area contributed by atoms with E-state index in [9.17, 15) is 4.79 Å². The van der Waals surface area contributed by atoms with Gasteiger partial charge in [0.15, 0.2) is 5.11 Å². The number of esters is 1. The van der Waals surface area contributed by atoms with Crippen molar-refractivity contribution in [2.45, 2.75) is 46.2 Å². The molecular weight excluding hydrogens is 432 g/mol. The van der Waals surface area contributed by atoms with Crippen molar-refractivity contribution in [2.75, 3.05) is 13.7 Å². The standard InChI is InChI=1S/C26H30N4O2S/c1-16-9-10-17(2)22(14-16)30-18(3)15-20(19(30)4)25-24(21-8-6-7-12-27-21)28-26(33)29(25)13-11-23(31)32-5/h6-10,12,14-15,24-25H,11,13H2,1-5H3,(H,28,33)/t24-,25-/m0/s1. The Morgan fingerprint density at radius 3 is 2.64 bits per heavy atom. The van der Waals surface area contributed by atoms with Crippen molar-refractivity contribution in [2.24, 2.45) is 0 Å². The lowest BCUT2D eigenvalue weighted by Gasteiger charge is -2.28. The summed E-state index contributed by atoms with van der Waals surface area (Å²) in [6, 6.07) is 14.5. The van der Waals surface area contributed by atoms with E-state index in [1.165, 1.54) is 29.5 Å². The Morgan fingerprint density at radius 2 is 1.94 bits per heavy atom. The molecule has 33 heavy (non-hydrogen) atoms. The molecule has 2 aromatic heterocycles. The lowest BCUT2D eigenvalue weighted by Crippen LogP contribution is -2.32. The second-order valence-electron chi connectivity index (χ2n) is 8.60. The summed E-state index contributed by atoms with van der Waals surface area (Å²) in [5, 5.41) is 4.08. The molecule has 7 heteroatoms. The number of benzene rings is 1. The van der Waals surface area contributed by atoms with Crippen LogP contribution in [0.25, 0.3) is 5.69 Å². The third-order valence-corrected chi connectivity index (χ3v) is 6.73. The minimum absolute atomic E-state index is 0.0953. The first kappa shape index (κ1) is 23.0. The van der Waals surface area contributed by atoms with Crippen LogP contribution < -0.4 is 5.32 Å². The highest BCUT2D eigenvalue weighted by atomic mass is 32.1. The molecule has 172 valence electrons. The highest BCUT2D eigenvalue weighted by Crippen LogP contribution is 2.41. The summed E-state index contributed by atoms with van der Waals surface area (Å²) in [7, 11) is 1.41. The third-order valence-electron chi connectivity index (χ3n) is 6.38. The summed E-state index contributed by atoms with van der Waals surface area (Å²) in [6.07, 6.45) is 2.06. The van der Waals surface area contributed by atoms with Crippen molar-refractivity contribution in [1.82, 2.24) is 19.8 Å². The Hall–Kier alpha value is -3.19. The van der Waals surface area contributed by atoms with E-state index in [1.54, 1.807) is 6.20 Å². The van der Waals surface area contributed by atoms with Crippen molar-refractivity contribution in [3.8, 4) is 5.69 Å². The first-order valence-electron chi connectivity index (χ1n) is 11.1. The van der Waals surface area contributed by atoms with Crippen LogP contribution in [-0.4, -0.2) is 39.2 Å². The van der Waals surface area contributed by atoms with Crippen LogP contribution in [0.2, 0.25) is 0 Å². The highest BCUT2D eigenvalue weighted by Gasteiger charge is 2.41. The fourth-order valence-electron chi connectivity index (χ4n) is 4.72. The molecule has 4 rings (SSSR count). The van der Waals surface area contributed by atoms with Crippen molar-refractivity contribution in [3.63, 3.8) is 0 Å². The van der Waals surface area contributed by atoms with E-state index in [-0.39, 0.29) is 24.5 Å². The number of aromatic nitrogens is 2. The first-order valence-corrected chi connectivity index (χ1v) is 11.5. The van der Waals surface area contributed by atoms with Crippen LogP contribution in [0.1, 0.15) is 52.3 Å². The zero-order chi connectivity index (χ0) is 23.7. The van der Waals surface area contributed by atoms with Crippen molar-refractivity contribution < 1.29 is 9.53 Å². The number of pyridine rings is 1. The average Bonchev–Trinajstić information content (AvgIpc) is 3.29. The van der Waals surface area contributed by atoms with Gasteiger partial charge in [0.05, 0.1) is 31.3 Å². The maximum atomic E-state index is 11.9. The molecule has 0 saturated carbocycles. The van der Waals surface area contributed by atoms with Gasteiger partial charge in [0, 0.05) is 29.8 Å². The molecule has 1 aromatic carbocycles. The second kappa shape index (κ2) is 9.35. The lowest BCUT2D eigenvalue weighted by molar-refractivity contribution is -0.140. The van der Waals surface area contributed by atoms with Crippen LogP contribution in [0.15, 0.2) is 48.7 Å². The molecule has 3 heterocycles. The summed E-state index contributed by atoms with van der Waals surface area (Å²) in [4.78, 5) is 18.6. The number of carbonyl (C=O) groups excluding carboxylic acids is 1. The molecule has 0 radical (unpaired) electrons. The number of nitrogens with one attached hydrogen (secondary N) is 1. The fraction of sp³-hybridized carbons (Fsp3) is 0.346. The Morgan fingerprint density at radius 1 is 1.15 bits per heavy atom. The lowest BCUT2D eigenvalue weighted by atomic mass is 9.96. The minimum atomic E-state index is -0.251. The fourth-order valence-corrected chi connectivity index (χ4v) is 5.05. The van der Waals surface area contributed by atoms with Gasteiger partial charge in [-0.3, -0.25) is 9.78 Å². The number of rotatable bonds is 6. The molecular formula is C26H30N4O2S. The average molecular weight is 463 g/mol. The zero-order valence-corrected chi connectivity index (χ0v) is 20.6. The van der Waals surface area contributed by atoms with Gasteiger partial charge in [-0.1, -0.05) is 18.2 Å². The molecule has 2 atom stereocenters. The van der Waals surface area contributed by atoms with Gasteiger partial charge in [0.1, 0.15) is 0 Å². The molecule has 1 aliphatic heterocycles. The largest absolute Gasteiger partial charge is 0.469 e. The topological polar surface area (TPSA) is 59.4 Å². The minimum Gasteiger partial charge on any atom is -0.469 e. The van der Waals surface area contributed by atoms with Gasteiger partial charge in [-0.2, -0.15) is 0 Å². The summed E-state index contributed by atoms with van der Waals surface area (Å²) >= 11 is 5.73. The SMILES string of the molecule is COC(=O)CCN1C(=S)N[C@@H](c2ccccn2)[C@@H]1c1cc(C)n(-c2cc(C)ccc2C)c1C. The van der Waals surface area contributed by atoms with E-state index < -0.39 is 0 Å². The number of aryl methyl sites for hydroxylation is 3. The van der Waals surface area contributed by atoms with Gasteiger partial charge >= 0.3 is 5.97 Å². The Balaban J connectivity index is 1.82. The monoisotopic (exact) mass is 462 g/mol. The van der Waals surface area contributed by atoms with E-state index >= 15 is 0 Å². The first-order chi connectivity index (χ1) is 15.8. The van der Waals surface area contributed by atoms with E-state index in [1.807, 2.05) is 18.2 Å². The van der Waals surface area contributed by atoms with Crippen molar-refractivity contribution in [1.29, 1.82) is 0 Å². The molecule has 1 fully saturated rings. The van der Waals surface area contributed by atoms with Crippen LogP contribution >= 0.6 is 12.2 Å². The molecule has 6 nitrogen and oxygen atoms in total. The van der Waals surface area contributed by atoms with Gasteiger partial charge in [-0.05, 0) is 80.9 Å². The molecule has 1 saturated heterocycles. The number of nitrogens with zero attached hydrogens (tertiary/aromatic N) is 3. The maximum absolute atomic E-state index is 11.9. The molecule has 0 unspecified atom stereocenters. The molecule has 1 aliphatic rings. The number of hydrogen-bond donors (Lipinski definition) is 1. The van der Waals surface area contributed by atoms with E-state index in [0.29, 0.717) is 11.7 Å². The Bertz CT molecular complexity index is 1190. The zero-order valence-electron chi connectivity index (χ0n) is 19.8. The van der Waals surface area contributed by atoms with Crippen LogP contribution in [-0.2, 0) is 9.53 Å². The van der Waals surface area contributed by atoms with Crippen molar-refractivity contribution >= 4 is 23.3 Å². The van der Waals surface area contributed by atoms with Gasteiger partial charge in [-0.15, -0.1) is 0 Å². The second-order valence-corrected chi connectivity index (χ2v) is 8.98.